The van der Waals surface area contributed by atoms with Gasteiger partial charge in [-0.15, -0.1) is 0 Å². The van der Waals surface area contributed by atoms with Gasteiger partial charge in [0.05, 0.1) is 6.33 Å². The van der Waals surface area contributed by atoms with Crippen LogP contribution < -0.4 is 11.2 Å². The summed E-state index contributed by atoms with van der Waals surface area (Å²) in [5.74, 6) is 0. The van der Waals surface area contributed by atoms with E-state index < -0.39 is 11.2 Å². The summed E-state index contributed by atoms with van der Waals surface area (Å²) in [7, 11) is 9.27. The average molecular weight is 239 g/mol. The number of nitrogens with zero attached hydrogens (tertiary/aromatic N) is 4. The highest BCUT2D eigenvalue weighted by atomic mass is 16.2. The first-order valence-electron chi connectivity index (χ1n) is 5.06. The average Bonchev–Trinajstić information content (AvgIpc) is 2.56. The zero-order chi connectivity index (χ0) is 13.2. The summed E-state index contributed by atoms with van der Waals surface area (Å²) in [4.78, 5) is 30.6. The van der Waals surface area contributed by atoms with Crippen molar-refractivity contribution in [2.45, 2.75) is 0 Å². The van der Waals surface area contributed by atoms with Gasteiger partial charge in [-0.3, -0.25) is 14.3 Å². The summed E-state index contributed by atoms with van der Waals surface area (Å²) in [6.45, 7) is 0. The van der Waals surface area contributed by atoms with E-state index in [9.17, 15) is 9.59 Å². The molecular formula is C10H17N5O2. The second-order valence-electron chi connectivity index (χ2n) is 4.19. The van der Waals surface area contributed by atoms with Gasteiger partial charge in [0.2, 0.25) is 0 Å². The molecule has 0 unspecified atom stereocenters. The molecule has 2 aromatic heterocycles. The number of hydrogen-bond donors (Lipinski definition) is 1. The molecule has 1 N–H and O–H groups in total. The minimum absolute atomic E-state index is 0.399. The van der Waals surface area contributed by atoms with E-state index in [0.29, 0.717) is 11.2 Å². The molecule has 17 heavy (non-hydrogen) atoms. The van der Waals surface area contributed by atoms with Crippen LogP contribution in [0.25, 0.3) is 11.2 Å². The molecule has 7 nitrogen and oxygen atoms in total. The van der Waals surface area contributed by atoms with Crippen molar-refractivity contribution in [3.05, 3.63) is 27.2 Å². The van der Waals surface area contributed by atoms with E-state index >= 15 is 0 Å². The lowest BCUT2D eigenvalue weighted by atomic mass is 10.5. The molecule has 0 saturated heterocycles. The van der Waals surface area contributed by atoms with Gasteiger partial charge in [-0.2, -0.15) is 0 Å². The lowest BCUT2D eigenvalue weighted by Gasteiger charge is -1.97. The maximum atomic E-state index is 11.3. The molecule has 0 atom stereocenters. The topological polar surface area (TPSA) is 75.9 Å². The Labute approximate surface area is 98.3 Å². The minimum atomic E-state index is -0.448. The van der Waals surface area contributed by atoms with Crippen molar-refractivity contribution in [3.63, 3.8) is 0 Å². The van der Waals surface area contributed by atoms with Crippen LogP contribution in [0.1, 0.15) is 0 Å². The van der Waals surface area contributed by atoms with E-state index in [4.69, 9.17) is 0 Å². The smallest absolute Gasteiger partial charge is 0.328 e. The van der Waals surface area contributed by atoms with E-state index in [2.05, 4.69) is 9.97 Å². The molecule has 0 saturated carbocycles. The Morgan fingerprint density at radius 1 is 1.24 bits per heavy atom. The van der Waals surface area contributed by atoms with Gasteiger partial charge in [-0.1, -0.05) is 0 Å². The summed E-state index contributed by atoms with van der Waals surface area (Å²) in [5.41, 5.74) is -0.0485. The molecule has 0 fully saturated rings. The van der Waals surface area contributed by atoms with Crippen LogP contribution in [0.15, 0.2) is 15.9 Å². The number of aryl methyl sites for hydroxylation is 2. The Bertz CT molecular complexity index is 617. The van der Waals surface area contributed by atoms with E-state index in [0.717, 1.165) is 0 Å². The fourth-order valence-electron chi connectivity index (χ4n) is 1.26. The minimum Gasteiger partial charge on any atom is -0.328 e. The Morgan fingerprint density at radius 2 is 1.76 bits per heavy atom. The number of aromatic nitrogens is 4. The first-order chi connectivity index (χ1) is 7.84. The summed E-state index contributed by atoms with van der Waals surface area (Å²) in [5, 5.41) is 0. The Kier molecular flexibility index (Phi) is 3.84. The van der Waals surface area contributed by atoms with Crippen LogP contribution >= 0.6 is 0 Å². The van der Waals surface area contributed by atoms with Gasteiger partial charge in [0.15, 0.2) is 11.2 Å². The summed E-state index contributed by atoms with van der Waals surface area (Å²) in [6, 6.07) is 0. The maximum absolute atomic E-state index is 11.3. The van der Waals surface area contributed by atoms with Crippen LogP contribution in [0.5, 0.6) is 0 Å². The van der Waals surface area contributed by atoms with Crippen LogP contribution in [-0.4, -0.2) is 45.1 Å². The quantitative estimate of drug-likeness (QED) is 0.649. The van der Waals surface area contributed by atoms with Crippen LogP contribution in [0.3, 0.4) is 0 Å². The molecule has 7 heteroatoms. The van der Waals surface area contributed by atoms with E-state index in [1.165, 1.54) is 10.9 Å². The SMILES string of the molecule is CN(C)C.Cn1cnc2c1c(=O)[nH]c(=O)n2C. The van der Waals surface area contributed by atoms with Gasteiger partial charge in [-0.25, -0.2) is 9.78 Å². The van der Waals surface area contributed by atoms with Gasteiger partial charge >= 0.3 is 5.69 Å². The number of aromatic amines is 1. The van der Waals surface area contributed by atoms with Crippen molar-refractivity contribution < 1.29 is 0 Å². The highest BCUT2D eigenvalue weighted by molar-refractivity contribution is 5.69. The molecule has 0 aliphatic heterocycles. The van der Waals surface area contributed by atoms with Gasteiger partial charge in [-0.05, 0) is 21.1 Å². The summed E-state index contributed by atoms with van der Waals surface area (Å²) in [6.07, 6.45) is 1.50. The van der Waals surface area contributed by atoms with Gasteiger partial charge in [0.25, 0.3) is 5.56 Å². The Morgan fingerprint density at radius 3 is 2.29 bits per heavy atom. The third-order valence-corrected chi connectivity index (χ3v) is 1.98. The van der Waals surface area contributed by atoms with E-state index in [-0.39, 0.29) is 0 Å². The number of nitrogens with one attached hydrogen (secondary N) is 1. The maximum Gasteiger partial charge on any atom is 0.329 e. The van der Waals surface area contributed by atoms with Crippen molar-refractivity contribution >= 4 is 11.2 Å². The third-order valence-electron chi connectivity index (χ3n) is 1.98. The molecule has 2 rings (SSSR count). The second kappa shape index (κ2) is 4.96. The highest BCUT2D eigenvalue weighted by Gasteiger charge is 2.08. The predicted octanol–water partition coefficient (Wildman–Crippen LogP) is -0.862. The first-order valence-corrected chi connectivity index (χ1v) is 5.06. The van der Waals surface area contributed by atoms with Crippen LogP contribution in [0.4, 0.5) is 0 Å². The molecule has 2 aromatic rings. The summed E-state index contributed by atoms with van der Waals surface area (Å²) < 4.78 is 2.88. The molecule has 0 bridgehead atoms. The lowest BCUT2D eigenvalue weighted by Crippen LogP contribution is -2.28. The number of H-pyrrole nitrogens is 1. The number of rotatable bonds is 0. The van der Waals surface area contributed by atoms with Crippen LogP contribution in [-0.2, 0) is 14.1 Å². The Balaban J connectivity index is 0.000000317. The van der Waals surface area contributed by atoms with E-state index in [1.54, 1.807) is 18.7 Å². The number of hydrogen-bond acceptors (Lipinski definition) is 4. The zero-order valence-corrected chi connectivity index (χ0v) is 10.7. The van der Waals surface area contributed by atoms with Crippen molar-refractivity contribution in [1.29, 1.82) is 0 Å². The largest absolute Gasteiger partial charge is 0.329 e. The van der Waals surface area contributed by atoms with Crippen LogP contribution in [0, 0.1) is 0 Å². The third kappa shape index (κ3) is 2.82. The van der Waals surface area contributed by atoms with Crippen molar-refractivity contribution in [1.82, 2.24) is 24.0 Å². The standard InChI is InChI=1S/C7H8N4O2.C3H9N/c1-10-3-8-5-4(10)6(12)9-7(13)11(5)2;1-4(2)3/h3H,1-2H3,(H,9,12,13);1-3H3. The monoisotopic (exact) mass is 239 g/mol. The zero-order valence-electron chi connectivity index (χ0n) is 10.7. The molecule has 0 aliphatic carbocycles. The molecule has 0 aromatic carbocycles. The molecule has 0 spiro atoms. The molecule has 0 amide bonds. The normalized spacial score (nSPS) is 10.5. The van der Waals surface area contributed by atoms with Gasteiger partial charge < -0.3 is 9.47 Å². The molecular weight excluding hydrogens is 222 g/mol. The predicted molar refractivity (Wildman–Crippen MR) is 66.2 cm³/mol. The van der Waals surface area contributed by atoms with Crippen molar-refractivity contribution in [2.75, 3.05) is 21.1 Å². The highest BCUT2D eigenvalue weighted by Crippen LogP contribution is 2.00. The second-order valence-corrected chi connectivity index (χ2v) is 4.19. The lowest BCUT2D eigenvalue weighted by molar-refractivity contribution is 0.505. The van der Waals surface area contributed by atoms with Crippen LogP contribution in [0.2, 0.25) is 0 Å². The number of imidazole rings is 1. The van der Waals surface area contributed by atoms with Gasteiger partial charge in [0, 0.05) is 14.1 Å². The first kappa shape index (κ1) is 13.2. The molecule has 0 aliphatic rings. The van der Waals surface area contributed by atoms with Crippen molar-refractivity contribution in [3.8, 4) is 0 Å². The van der Waals surface area contributed by atoms with Crippen molar-refractivity contribution in [2.24, 2.45) is 14.1 Å². The summed E-state index contributed by atoms with van der Waals surface area (Å²) >= 11 is 0. The van der Waals surface area contributed by atoms with Gasteiger partial charge in [0.1, 0.15) is 0 Å². The van der Waals surface area contributed by atoms with E-state index in [1.807, 2.05) is 26.0 Å². The fraction of sp³-hybridized carbons (Fsp3) is 0.500. The Hall–Kier alpha value is -1.89. The molecule has 94 valence electrons. The molecule has 2 heterocycles. The fourth-order valence-corrected chi connectivity index (χ4v) is 1.26. The number of fused-ring (bicyclic) bond motifs is 1. The molecule has 0 radical (unpaired) electrons.